The Bertz CT molecular complexity index is 473. The summed E-state index contributed by atoms with van der Waals surface area (Å²) < 4.78 is 28.5. The van der Waals surface area contributed by atoms with Gasteiger partial charge in [-0.05, 0) is 6.92 Å². The Hall–Kier alpha value is -1.49. The average Bonchev–Trinajstić information content (AvgIpc) is 2.47. The molecule has 4 nitrogen and oxygen atoms in total. The fraction of sp³-hybridized carbons (Fsp3) is 0.111. The van der Waals surface area contributed by atoms with Crippen LogP contribution in [-0.4, -0.2) is 8.42 Å². The molecule has 0 saturated heterocycles. The molecule has 2 rings (SSSR count). The van der Waals surface area contributed by atoms with Crippen molar-refractivity contribution >= 4 is 16.0 Å². The summed E-state index contributed by atoms with van der Waals surface area (Å²) in [7, 11) is -3.60. The molecule has 14 heavy (non-hydrogen) atoms. The van der Waals surface area contributed by atoms with E-state index in [9.17, 15) is 8.42 Å². The van der Waals surface area contributed by atoms with Crippen molar-refractivity contribution in [2.24, 2.45) is 0 Å². The van der Waals surface area contributed by atoms with E-state index >= 15 is 0 Å². The average molecular weight is 211 g/mol. The highest BCUT2D eigenvalue weighted by molar-refractivity contribution is 7.85. The number of hydrogen-bond donors (Lipinski definition) is 1. The van der Waals surface area contributed by atoms with Gasteiger partial charge in [0.1, 0.15) is 6.26 Å². The summed E-state index contributed by atoms with van der Waals surface area (Å²) >= 11 is 0. The lowest BCUT2D eigenvalue weighted by Crippen LogP contribution is -2.16. The van der Waals surface area contributed by atoms with E-state index in [1.54, 1.807) is 0 Å². The molecule has 0 aromatic heterocycles. The minimum absolute atomic E-state index is 0.463. The maximum atomic E-state index is 10.9. The molecule has 74 valence electrons. The summed E-state index contributed by atoms with van der Waals surface area (Å²) in [4.78, 5) is 0. The van der Waals surface area contributed by atoms with Crippen LogP contribution in [0.25, 0.3) is 5.70 Å². The van der Waals surface area contributed by atoms with E-state index in [1.807, 2.05) is 31.2 Å². The van der Waals surface area contributed by atoms with Crippen LogP contribution in [0.2, 0.25) is 0 Å². The topological polar surface area (TPSA) is 55.4 Å². The first-order valence-electron chi connectivity index (χ1n) is 4.05. The second kappa shape index (κ2) is 3.02. The molecule has 0 bridgehead atoms. The Morgan fingerprint density at radius 1 is 1.21 bits per heavy atom. The van der Waals surface area contributed by atoms with Gasteiger partial charge < -0.3 is 4.18 Å². The fourth-order valence-corrected chi connectivity index (χ4v) is 1.86. The summed E-state index contributed by atoms with van der Waals surface area (Å²) in [6, 6.07) is 7.47. The predicted molar refractivity (Wildman–Crippen MR) is 52.3 cm³/mol. The van der Waals surface area contributed by atoms with Crippen molar-refractivity contribution in [1.82, 2.24) is 4.72 Å². The predicted octanol–water partition coefficient (Wildman–Crippen LogP) is 1.16. The minimum Gasteiger partial charge on any atom is -0.373 e. The van der Waals surface area contributed by atoms with Gasteiger partial charge in [0, 0.05) is 5.56 Å². The lowest BCUT2D eigenvalue weighted by atomic mass is 10.1. The van der Waals surface area contributed by atoms with Crippen LogP contribution in [0.15, 0.2) is 30.5 Å². The van der Waals surface area contributed by atoms with Gasteiger partial charge in [-0.2, -0.15) is 8.42 Å². The molecular weight excluding hydrogens is 202 g/mol. The van der Waals surface area contributed by atoms with Crippen molar-refractivity contribution in [3.63, 3.8) is 0 Å². The lowest BCUT2D eigenvalue weighted by Gasteiger charge is -2.00. The van der Waals surface area contributed by atoms with Gasteiger partial charge in [0.25, 0.3) is 0 Å². The largest absolute Gasteiger partial charge is 0.407 e. The van der Waals surface area contributed by atoms with Gasteiger partial charge >= 0.3 is 10.3 Å². The fourth-order valence-electron chi connectivity index (χ4n) is 1.15. The zero-order chi connectivity index (χ0) is 10.2. The highest BCUT2D eigenvalue weighted by atomic mass is 32.2. The third-order valence-electron chi connectivity index (χ3n) is 1.89. The molecule has 1 aromatic rings. The monoisotopic (exact) mass is 211 g/mol. The van der Waals surface area contributed by atoms with Crippen LogP contribution < -0.4 is 4.72 Å². The van der Waals surface area contributed by atoms with E-state index in [4.69, 9.17) is 0 Å². The van der Waals surface area contributed by atoms with Gasteiger partial charge in [0.15, 0.2) is 0 Å². The molecule has 1 N–H and O–H groups in total. The van der Waals surface area contributed by atoms with Gasteiger partial charge in [-0.25, -0.2) is 4.72 Å². The Morgan fingerprint density at radius 3 is 2.36 bits per heavy atom. The van der Waals surface area contributed by atoms with E-state index in [0.29, 0.717) is 5.70 Å². The van der Waals surface area contributed by atoms with Crippen LogP contribution in [0, 0.1) is 6.92 Å². The van der Waals surface area contributed by atoms with Gasteiger partial charge in [-0.1, -0.05) is 29.8 Å². The first kappa shape index (κ1) is 9.08. The first-order valence-corrected chi connectivity index (χ1v) is 5.46. The molecule has 1 aliphatic rings. The molecule has 0 amide bonds. The summed E-state index contributed by atoms with van der Waals surface area (Å²) in [6.45, 7) is 1.97. The standard InChI is InChI=1S/C9H9NO3S/c1-7-2-4-8(5-3-7)9-6-13-14(11,12)10-9/h2-6,10H,1H3. The van der Waals surface area contributed by atoms with E-state index in [1.165, 1.54) is 6.26 Å². The molecule has 1 heterocycles. The number of nitrogens with one attached hydrogen (secondary N) is 1. The zero-order valence-electron chi connectivity index (χ0n) is 7.52. The number of benzene rings is 1. The first-order chi connectivity index (χ1) is 6.57. The van der Waals surface area contributed by atoms with Crippen LogP contribution in [0.3, 0.4) is 0 Å². The second-order valence-corrected chi connectivity index (χ2v) is 4.35. The molecule has 0 saturated carbocycles. The molecular formula is C9H9NO3S. The van der Waals surface area contributed by atoms with E-state index < -0.39 is 10.3 Å². The van der Waals surface area contributed by atoms with Gasteiger partial charge in [-0.15, -0.1) is 0 Å². The Kier molecular flexibility index (Phi) is 1.96. The Morgan fingerprint density at radius 2 is 1.86 bits per heavy atom. The second-order valence-electron chi connectivity index (χ2n) is 3.05. The smallest absolute Gasteiger partial charge is 0.373 e. The van der Waals surface area contributed by atoms with Crippen LogP contribution in [0.1, 0.15) is 11.1 Å². The molecule has 1 aromatic carbocycles. The van der Waals surface area contributed by atoms with E-state index in [0.717, 1.165) is 11.1 Å². The highest BCUT2D eigenvalue weighted by Crippen LogP contribution is 2.18. The van der Waals surface area contributed by atoms with Crippen molar-refractivity contribution in [2.45, 2.75) is 6.92 Å². The highest BCUT2D eigenvalue weighted by Gasteiger charge is 2.20. The van der Waals surface area contributed by atoms with Crippen LogP contribution in [0.5, 0.6) is 0 Å². The Labute approximate surface area is 82.5 Å². The SMILES string of the molecule is Cc1ccc(C2=COS(=O)(=O)N2)cc1. The van der Waals surface area contributed by atoms with E-state index in [-0.39, 0.29) is 0 Å². The normalized spacial score (nSPS) is 18.2. The number of rotatable bonds is 1. The van der Waals surface area contributed by atoms with Gasteiger partial charge in [-0.3, -0.25) is 0 Å². The Balaban J connectivity index is 2.30. The molecule has 0 unspecified atom stereocenters. The molecule has 0 radical (unpaired) electrons. The molecule has 0 aliphatic carbocycles. The van der Waals surface area contributed by atoms with Gasteiger partial charge in [0.05, 0.1) is 5.70 Å². The third kappa shape index (κ3) is 1.72. The van der Waals surface area contributed by atoms with Crippen molar-refractivity contribution in [1.29, 1.82) is 0 Å². The zero-order valence-corrected chi connectivity index (χ0v) is 8.34. The van der Waals surface area contributed by atoms with Crippen molar-refractivity contribution in [2.75, 3.05) is 0 Å². The quantitative estimate of drug-likeness (QED) is 0.758. The third-order valence-corrected chi connectivity index (χ3v) is 2.71. The van der Waals surface area contributed by atoms with Crippen molar-refractivity contribution in [3.05, 3.63) is 41.7 Å². The lowest BCUT2D eigenvalue weighted by molar-refractivity contribution is 0.453. The van der Waals surface area contributed by atoms with Crippen molar-refractivity contribution < 1.29 is 12.6 Å². The summed E-state index contributed by atoms with van der Waals surface area (Å²) in [5, 5.41) is 0. The van der Waals surface area contributed by atoms with Crippen molar-refractivity contribution in [3.8, 4) is 0 Å². The summed E-state index contributed by atoms with van der Waals surface area (Å²) in [6.07, 6.45) is 1.19. The maximum absolute atomic E-state index is 10.9. The number of hydrogen-bond acceptors (Lipinski definition) is 3. The van der Waals surface area contributed by atoms with E-state index in [2.05, 4.69) is 8.91 Å². The van der Waals surface area contributed by atoms with Crippen LogP contribution in [-0.2, 0) is 14.5 Å². The van der Waals surface area contributed by atoms with Crippen LogP contribution >= 0.6 is 0 Å². The molecule has 0 fully saturated rings. The van der Waals surface area contributed by atoms with Gasteiger partial charge in [0.2, 0.25) is 0 Å². The molecule has 0 spiro atoms. The van der Waals surface area contributed by atoms with Crippen LogP contribution in [0.4, 0.5) is 0 Å². The summed E-state index contributed by atoms with van der Waals surface area (Å²) in [5.41, 5.74) is 2.37. The molecule has 5 heteroatoms. The molecule has 0 atom stereocenters. The molecule has 1 aliphatic heterocycles. The maximum Gasteiger partial charge on any atom is 0.407 e. The number of aryl methyl sites for hydroxylation is 1. The summed E-state index contributed by atoms with van der Waals surface area (Å²) in [5.74, 6) is 0. The minimum atomic E-state index is -3.60.